The maximum atomic E-state index is 13.7. The molecule has 7 heteroatoms. The summed E-state index contributed by atoms with van der Waals surface area (Å²) in [6.45, 7) is 3.99. The molecule has 174 valence electrons. The Morgan fingerprint density at radius 3 is 2.32 bits per heavy atom. The number of aromatic nitrogens is 3. The first-order valence-electron chi connectivity index (χ1n) is 11.5. The first kappa shape index (κ1) is 22.0. The molecule has 0 spiro atoms. The van der Waals surface area contributed by atoms with Crippen molar-refractivity contribution in [3.05, 3.63) is 90.3 Å². The van der Waals surface area contributed by atoms with Crippen LogP contribution in [-0.2, 0) is 13.6 Å². The Labute approximate surface area is 199 Å². The monoisotopic (exact) mass is 455 g/mol. The Balaban J connectivity index is 1.39. The van der Waals surface area contributed by atoms with Gasteiger partial charge in [-0.15, -0.1) is 0 Å². The normalized spacial score (nSPS) is 14.4. The highest BCUT2D eigenvalue weighted by Crippen LogP contribution is 2.24. The lowest BCUT2D eigenvalue weighted by atomic mass is 10.2. The zero-order valence-corrected chi connectivity index (χ0v) is 19.6. The third kappa shape index (κ3) is 4.47. The Morgan fingerprint density at radius 2 is 1.68 bits per heavy atom. The SMILES string of the molecule is COc1ccc(-n2nc(-c3cccn3C)cc2C(=O)N2CCN(Cc3ccccc3)CC2)cc1. The van der Waals surface area contributed by atoms with Crippen molar-refractivity contribution in [2.75, 3.05) is 33.3 Å². The van der Waals surface area contributed by atoms with Crippen LogP contribution in [0.4, 0.5) is 0 Å². The molecule has 0 unspecified atom stereocenters. The number of aryl methyl sites for hydroxylation is 1. The summed E-state index contributed by atoms with van der Waals surface area (Å²) in [6, 6.07) is 24.0. The minimum Gasteiger partial charge on any atom is -0.497 e. The fourth-order valence-electron chi connectivity index (χ4n) is 4.42. The number of ether oxygens (including phenoxy) is 1. The van der Waals surface area contributed by atoms with Gasteiger partial charge in [-0.3, -0.25) is 9.69 Å². The van der Waals surface area contributed by atoms with Crippen molar-refractivity contribution in [3.63, 3.8) is 0 Å². The molecule has 0 N–H and O–H groups in total. The Hall–Kier alpha value is -3.84. The molecule has 2 aromatic carbocycles. The van der Waals surface area contributed by atoms with E-state index < -0.39 is 0 Å². The average Bonchev–Trinajstić information content (AvgIpc) is 3.51. The number of hydrogen-bond acceptors (Lipinski definition) is 4. The van der Waals surface area contributed by atoms with E-state index in [1.807, 2.05) is 71.2 Å². The molecular weight excluding hydrogens is 426 g/mol. The molecule has 1 aliphatic rings. The fourth-order valence-corrected chi connectivity index (χ4v) is 4.42. The summed E-state index contributed by atoms with van der Waals surface area (Å²) < 4.78 is 9.06. The first-order valence-corrected chi connectivity index (χ1v) is 11.5. The molecular formula is C27H29N5O2. The largest absolute Gasteiger partial charge is 0.497 e. The van der Waals surface area contributed by atoms with Gasteiger partial charge >= 0.3 is 0 Å². The van der Waals surface area contributed by atoms with E-state index >= 15 is 0 Å². The molecule has 1 amide bonds. The van der Waals surface area contributed by atoms with Crippen molar-refractivity contribution in [1.82, 2.24) is 24.1 Å². The van der Waals surface area contributed by atoms with E-state index in [1.165, 1.54) is 5.56 Å². The molecule has 34 heavy (non-hydrogen) atoms. The van der Waals surface area contributed by atoms with Gasteiger partial charge in [-0.1, -0.05) is 30.3 Å². The predicted molar refractivity (Wildman–Crippen MR) is 132 cm³/mol. The summed E-state index contributed by atoms with van der Waals surface area (Å²) in [4.78, 5) is 18.0. The fraction of sp³-hybridized carbons (Fsp3) is 0.259. The van der Waals surface area contributed by atoms with Gasteiger partial charge in [0.25, 0.3) is 5.91 Å². The van der Waals surface area contributed by atoms with E-state index in [1.54, 1.807) is 11.8 Å². The zero-order chi connectivity index (χ0) is 23.5. The summed E-state index contributed by atoms with van der Waals surface area (Å²) in [5.74, 6) is 0.768. The first-order chi connectivity index (χ1) is 16.6. The molecule has 1 aliphatic heterocycles. The van der Waals surface area contributed by atoms with E-state index in [9.17, 15) is 4.79 Å². The summed E-state index contributed by atoms with van der Waals surface area (Å²) in [5.41, 5.74) is 4.43. The Bertz CT molecular complexity index is 1250. The summed E-state index contributed by atoms with van der Waals surface area (Å²) in [5, 5.41) is 4.82. The van der Waals surface area contributed by atoms with Crippen LogP contribution in [0.1, 0.15) is 16.1 Å². The van der Waals surface area contributed by atoms with Crippen molar-refractivity contribution in [2.45, 2.75) is 6.54 Å². The third-order valence-electron chi connectivity index (χ3n) is 6.36. The highest BCUT2D eigenvalue weighted by Gasteiger charge is 2.26. The number of carbonyl (C=O) groups excluding carboxylic acids is 1. The predicted octanol–water partition coefficient (Wildman–Crippen LogP) is 3.84. The Morgan fingerprint density at radius 1 is 0.941 bits per heavy atom. The molecule has 0 bridgehead atoms. The zero-order valence-electron chi connectivity index (χ0n) is 19.6. The van der Waals surface area contributed by atoms with Crippen molar-refractivity contribution >= 4 is 5.91 Å². The molecule has 1 saturated heterocycles. The molecule has 0 saturated carbocycles. The van der Waals surface area contributed by atoms with Crippen molar-refractivity contribution in [2.24, 2.45) is 7.05 Å². The van der Waals surface area contributed by atoms with Gasteiger partial charge in [-0.25, -0.2) is 4.68 Å². The molecule has 4 aromatic rings. The van der Waals surface area contributed by atoms with Gasteiger partial charge in [0.2, 0.25) is 0 Å². The second kappa shape index (κ2) is 9.57. The van der Waals surface area contributed by atoms with Crippen LogP contribution in [0.15, 0.2) is 79.0 Å². The van der Waals surface area contributed by atoms with Crippen LogP contribution in [0.25, 0.3) is 17.1 Å². The third-order valence-corrected chi connectivity index (χ3v) is 6.36. The lowest BCUT2D eigenvalue weighted by molar-refractivity contribution is 0.0619. The number of piperazine rings is 1. The highest BCUT2D eigenvalue weighted by molar-refractivity contribution is 5.94. The van der Waals surface area contributed by atoms with E-state index in [2.05, 4.69) is 29.2 Å². The summed E-state index contributed by atoms with van der Waals surface area (Å²) in [6.07, 6.45) is 1.98. The van der Waals surface area contributed by atoms with Crippen LogP contribution in [-0.4, -0.2) is 63.3 Å². The smallest absolute Gasteiger partial charge is 0.272 e. The molecule has 0 radical (unpaired) electrons. The molecule has 3 heterocycles. The van der Waals surface area contributed by atoms with Crippen molar-refractivity contribution < 1.29 is 9.53 Å². The van der Waals surface area contributed by atoms with Crippen LogP contribution in [0.5, 0.6) is 5.75 Å². The lowest BCUT2D eigenvalue weighted by Gasteiger charge is -2.34. The van der Waals surface area contributed by atoms with Crippen LogP contribution >= 0.6 is 0 Å². The van der Waals surface area contributed by atoms with Crippen LogP contribution in [0.2, 0.25) is 0 Å². The summed E-state index contributed by atoms with van der Waals surface area (Å²) in [7, 11) is 3.62. The molecule has 0 atom stereocenters. The number of benzene rings is 2. The summed E-state index contributed by atoms with van der Waals surface area (Å²) >= 11 is 0. The van der Waals surface area contributed by atoms with E-state index in [-0.39, 0.29) is 5.91 Å². The second-order valence-electron chi connectivity index (χ2n) is 8.58. The van der Waals surface area contributed by atoms with Crippen molar-refractivity contribution in [1.29, 1.82) is 0 Å². The maximum Gasteiger partial charge on any atom is 0.272 e. The average molecular weight is 456 g/mol. The van der Waals surface area contributed by atoms with E-state index in [4.69, 9.17) is 9.84 Å². The molecule has 0 aliphatic carbocycles. The molecule has 7 nitrogen and oxygen atoms in total. The Kier molecular flexibility index (Phi) is 6.18. The van der Waals surface area contributed by atoms with Gasteiger partial charge in [0, 0.05) is 46.0 Å². The lowest BCUT2D eigenvalue weighted by Crippen LogP contribution is -2.48. The molecule has 2 aromatic heterocycles. The number of hydrogen-bond donors (Lipinski definition) is 0. The van der Waals surface area contributed by atoms with Crippen LogP contribution < -0.4 is 4.74 Å². The maximum absolute atomic E-state index is 13.7. The quantitative estimate of drug-likeness (QED) is 0.443. The standard InChI is InChI=1S/C27H29N5O2/c1-29-14-6-9-25(29)24-19-26(32(28-24)22-10-12-23(34-2)13-11-22)27(33)31-17-15-30(16-18-31)20-21-7-4-3-5-8-21/h3-14,19H,15-18,20H2,1-2H3. The highest BCUT2D eigenvalue weighted by atomic mass is 16.5. The van der Waals surface area contributed by atoms with E-state index in [0.717, 1.165) is 42.5 Å². The molecule has 1 fully saturated rings. The number of nitrogens with zero attached hydrogens (tertiary/aromatic N) is 5. The van der Waals surface area contributed by atoms with Crippen molar-refractivity contribution in [3.8, 4) is 22.8 Å². The second-order valence-corrected chi connectivity index (χ2v) is 8.58. The number of rotatable bonds is 6. The van der Waals surface area contributed by atoms with Crippen LogP contribution in [0.3, 0.4) is 0 Å². The van der Waals surface area contributed by atoms with Gasteiger partial charge in [-0.05, 0) is 48.0 Å². The van der Waals surface area contributed by atoms with Gasteiger partial charge in [0.1, 0.15) is 17.1 Å². The van der Waals surface area contributed by atoms with Gasteiger partial charge in [-0.2, -0.15) is 5.10 Å². The minimum atomic E-state index is 0.00291. The number of methoxy groups -OCH3 is 1. The topological polar surface area (TPSA) is 55.5 Å². The molecule has 5 rings (SSSR count). The number of amides is 1. The number of carbonyl (C=O) groups is 1. The minimum absolute atomic E-state index is 0.00291. The van der Waals surface area contributed by atoms with Crippen LogP contribution in [0, 0.1) is 0 Å². The van der Waals surface area contributed by atoms with Gasteiger partial charge in [0.15, 0.2) is 0 Å². The van der Waals surface area contributed by atoms with Gasteiger partial charge < -0.3 is 14.2 Å². The van der Waals surface area contributed by atoms with Gasteiger partial charge in [0.05, 0.1) is 18.5 Å². The van der Waals surface area contributed by atoms with E-state index in [0.29, 0.717) is 18.8 Å².